The molecule has 0 saturated carbocycles. The van der Waals surface area contributed by atoms with Crippen molar-refractivity contribution in [1.82, 2.24) is 5.32 Å². The van der Waals surface area contributed by atoms with Crippen molar-refractivity contribution in [3.63, 3.8) is 0 Å². The van der Waals surface area contributed by atoms with Crippen LogP contribution in [-0.4, -0.2) is 35.7 Å². The van der Waals surface area contributed by atoms with E-state index in [1.165, 1.54) is 0 Å². The lowest BCUT2D eigenvalue weighted by Gasteiger charge is -2.31. The first-order valence-electron chi connectivity index (χ1n) is 15.5. The summed E-state index contributed by atoms with van der Waals surface area (Å²) < 4.78 is 13.3. The molecule has 2 atom stereocenters. The number of amides is 1. The van der Waals surface area contributed by atoms with Crippen LogP contribution < -0.4 is 10.1 Å². The topological polar surface area (TPSA) is 80.2 Å². The summed E-state index contributed by atoms with van der Waals surface area (Å²) in [6.07, 6.45) is 0.214. The number of nitrogens with zero attached hydrogens (tertiary/aromatic N) is 1. The van der Waals surface area contributed by atoms with E-state index < -0.39 is 11.6 Å². The van der Waals surface area contributed by atoms with Gasteiger partial charge in [0.1, 0.15) is 5.75 Å². The fraction of sp³-hybridized carbons (Fsp3) is 0.179. The molecule has 2 N–H and O–H groups in total. The van der Waals surface area contributed by atoms with Crippen LogP contribution >= 0.6 is 27.7 Å². The van der Waals surface area contributed by atoms with Crippen LogP contribution in [0.25, 0.3) is 0 Å². The second kappa shape index (κ2) is 15.5. The van der Waals surface area contributed by atoms with Gasteiger partial charge in [-0.25, -0.2) is 4.99 Å². The predicted octanol–water partition coefficient (Wildman–Crippen LogP) is 8.18. The van der Waals surface area contributed by atoms with Crippen molar-refractivity contribution < 1.29 is 19.4 Å². The second-order valence-corrected chi connectivity index (χ2v) is 13.2. The minimum atomic E-state index is -1.29. The fourth-order valence-corrected chi connectivity index (χ4v) is 6.75. The average molecular weight is 708 g/mol. The molecule has 0 bridgehead atoms. The van der Waals surface area contributed by atoms with Gasteiger partial charge in [-0.3, -0.25) is 4.79 Å². The molecular formula is C39H35BrN2O4S. The molecule has 0 saturated heterocycles. The van der Waals surface area contributed by atoms with E-state index in [1.807, 2.05) is 115 Å². The zero-order valence-corrected chi connectivity index (χ0v) is 28.1. The van der Waals surface area contributed by atoms with Crippen LogP contribution in [0.2, 0.25) is 0 Å². The summed E-state index contributed by atoms with van der Waals surface area (Å²) in [6, 6.07) is 43.6. The number of ether oxygens (including phenoxy) is 2. The molecule has 6 nitrogen and oxygen atoms in total. The Balaban J connectivity index is 1.35. The van der Waals surface area contributed by atoms with E-state index in [9.17, 15) is 4.79 Å². The van der Waals surface area contributed by atoms with Gasteiger partial charge in [-0.15, -0.1) is 0 Å². The molecule has 0 aliphatic carbocycles. The van der Waals surface area contributed by atoms with Gasteiger partial charge < -0.3 is 19.9 Å². The fourth-order valence-electron chi connectivity index (χ4n) is 5.52. The molecule has 1 aliphatic rings. The first kappa shape index (κ1) is 32.6. The van der Waals surface area contributed by atoms with Crippen LogP contribution in [0.5, 0.6) is 5.75 Å². The molecule has 5 aromatic rings. The van der Waals surface area contributed by atoms with Crippen molar-refractivity contribution in [2.75, 3.05) is 13.2 Å². The Morgan fingerprint density at radius 1 is 0.872 bits per heavy atom. The van der Waals surface area contributed by atoms with Crippen LogP contribution in [-0.2, 0) is 22.5 Å². The average Bonchev–Trinajstić information content (AvgIpc) is 3.49. The number of benzene rings is 5. The third kappa shape index (κ3) is 7.96. The molecule has 1 aliphatic heterocycles. The number of hydrogen-bond acceptors (Lipinski definition) is 6. The van der Waals surface area contributed by atoms with Gasteiger partial charge in [-0.2, -0.15) is 0 Å². The maximum absolute atomic E-state index is 14.7. The third-order valence-corrected chi connectivity index (χ3v) is 9.56. The molecule has 0 fully saturated rings. The minimum Gasteiger partial charge on any atom is -0.494 e. The van der Waals surface area contributed by atoms with Crippen LogP contribution in [0.15, 0.2) is 153 Å². The SMILES string of the molecule is O=C(NCc1ccccc1Sc1ccccc1)[C@]1(Cc2ccccc2)N=C(c2ccc(OCCCO)cc2)O[C@@H]1c1ccc(Br)cc1. The molecule has 8 heteroatoms. The van der Waals surface area contributed by atoms with Crippen molar-refractivity contribution in [3.05, 3.63) is 160 Å². The molecular weight excluding hydrogens is 672 g/mol. The lowest BCUT2D eigenvalue weighted by Crippen LogP contribution is -2.49. The zero-order chi connectivity index (χ0) is 32.5. The highest BCUT2D eigenvalue weighted by atomic mass is 79.9. The van der Waals surface area contributed by atoms with Crippen LogP contribution in [0.3, 0.4) is 0 Å². The molecule has 0 aromatic heterocycles. The summed E-state index contributed by atoms with van der Waals surface area (Å²) >= 11 is 5.22. The van der Waals surface area contributed by atoms with Gasteiger partial charge in [0, 0.05) is 45.8 Å². The molecule has 0 spiro atoms. The number of carbonyl (C=O) groups is 1. The Hall–Kier alpha value is -4.37. The number of aliphatic hydroxyl groups excluding tert-OH is 1. The summed E-state index contributed by atoms with van der Waals surface area (Å²) in [5, 5.41) is 12.4. The summed E-state index contributed by atoms with van der Waals surface area (Å²) in [7, 11) is 0. The maximum Gasteiger partial charge on any atom is 0.252 e. The molecule has 0 unspecified atom stereocenters. The number of aliphatic hydroxyl groups is 1. The second-order valence-electron chi connectivity index (χ2n) is 11.2. The smallest absolute Gasteiger partial charge is 0.252 e. The van der Waals surface area contributed by atoms with Crippen molar-refractivity contribution in [2.24, 2.45) is 4.99 Å². The number of aliphatic imine (C=N–C) groups is 1. The first-order chi connectivity index (χ1) is 23.0. The van der Waals surface area contributed by atoms with Crippen molar-refractivity contribution in [1.29, 1.82) is 0 Å². The van der Waals surface area contributed by atoms with E-state index in [-0.39, 0.29) is 12.5 Å². The lowest BCUT2D eigenvalue weighted by molar-refractivity contribution is -0.129. The van der Waals surface area contributed by atoms with E-state index in [2.05, 4.69) is 39.4 Å². The molecule has 1 amide bonds. The molecule has 0 radical (unpaired) electrons. The number of halogens is 1. The summed E-state index contributed by atoms with van der Waals surface area (Å²) in [5.41, 5.74) is 2.30. The van der Waals surface area contributed by atoms with Gasteiger partial charge in [-0.05, 0) is 71.3 Å². The highest BCUT2D eigenvalue weighted by molar-refractivity contribution is 9.10. The molecule has 47 heavy (non-hydrogen) atoms. The highest BCUT2D eigenvalue weighted by Gasteiger charge is 2.53. The molecule has 5 aromatic carbocycles. The van der Waals surface area contributed by atoms with Crippen LogP contribution in [0.4, 0.5) is 0 Å². The van der Waals surface area contributed by atoms with E-state index >= 15 is 0 Å². The van der Waals surface area contributed by atoms with Gasteiger partial charge in [0.2, 0.25) is 5.90 Å². The lowest BCUT2D eigenvalue weighted by atomic mass is 9.82. The van der Waals surface area contributed by atoms with E-state index in [0.717, 1.165) is 36.5 Å². The highest BCUT2D eigenvalue weighted by Crippen LogP contribution is 2.43. The van der Waals surface area contributed by atoms with E-state index in [4.69, 9.17) is 19.6 Å². The Labute approximate surface area is 288 Å². The quantitative estimate of drug-likeness (QED) is 0.121. The maximum atomic E-state index is 14.7. The van der Waals surface area contributed by atoms with Gasteiger partial charge in [-0.1, -0.05) is 107 Å². The molecule has 238 valence electrons. The summed E-state index contributed by atoms with van der Waals surface area (Å²) in [4.78, 5) is 22.1. The summed E-state index contributed by atoms with van der Waals surface area (Å²) in [6.45, 7) is 0.832. The minimum absolute atomic E-state index is 0.0726. The van der Waals surface area contributed by atoms with Crippen molar-refractivity contribution in [3.8, 4) is 5.75 Å². The van der Waals surface area contributed by atoms with Crippen LogP contribution in [0.1, 0.15) is 34.8 Å². The predicted molar refractivity (Wildman–Crippen MR) is 190 cm³/mol. The number of carbonyl (C=O) groups excluding carboxylic acids is 1. The van der Waals surface area contributed by atoms with Crippen molar-refractivity contribution in [2.45, 2.75) is 40.8 Å². The number of hydrogen-bond donors (Lipinski definition) is 2. The van der Waals surface area contributed by atoms with E-state index in [1.54, 1.807) is 11.8 Å². The van der Waals surface area contributed by atoms with Crippen molar-refractivity contribution >= 4 is 39.5 Å². The summed E-state index contributed by atoms with van der Waals surface area (Å²) in [5.74, 6) is 0.865. The van der Waals surface area contributed by atoms with Gasteiger partial charge in [0.05, 0.1) is 6.61 Å². The Morgan fingerprint density at radius 2 is 1.55 bits per heavy atom. The molecule has 1 heterocycles. The van der Waals surface area contributed by atoms with Gasteiger partial charge >= 0.3 is 0 Å². The standard InChI is InChI=1S/C39H35BrN2O4S/c40-32-20-16-29(17-21-32)36-39(26-28-10-3-1-4-11-28,42-37(46-36)30-18-22-33(23-19-30)45-25-9-24-43)38(44)41-27-31-12-7-8-15-35(31)47-34-13-5-2-6-14-34/h1-8,10-23,36,43H,9,24-27H2,(H,41,44)/t36-,39-/m1/s1. The Kier molecular flexibility index (Phi) is 10.7. The normalized spacial score (nSPS) is 17.1. The Morgan fingerprint density at radius 3 is 2.28 bits per heavy atom. The third-order valence-electron chi connectivity index (χ3n) is 7.90. The van der Waals surface area contributed by atoms with Gasteiger partial charge in [0.15, 0.2) is 11.6 Å². The zero-order valence-electron chi connectivity index (χ0n) is 25.7. The van der Waals surface area contributed by atoms with E-state index in [0.29, 0.717) is 37.6 Å². The number of nitrogens with one attached hydrogen (secondary N) is 1. The monoisotopic (exact) mass is 706 g/mol. The van der Waals surface area contributed by atoms with Gasteiger partial charge in [0.25, 0.3) is 5.91 Å². The first-order valence-corrected chi connectivity index (χ1v) is 17.1. The number of rotatable bonds is 13. The molecule has 6 rings (SSSR count). The Bertz CT molecular complexity index is 1800. The van der Waals surface area contributed by atoms with Crippen LogP contribution in [0, 0.1) is 0 Å². The largest absolute Gasteiger partial charge is 0.494 e.